The minimum Gasteiger partial charge on any atom is -0.309 e. The summed E-state index contributed by atoms with van der Waals surface area (Å²) in [6.07, 6.45) is 5.34. The molecule has 3 unspecified atom stereocenters. The van der Waals surface area contributed by atoms with Crippen LogP contribution in [0.25, 0.3) is 0 Å². The van der Waals surface area contributed by atoms with E-state index in [1.807, 2.05) is 25.1 Å². The Labute approximate surface area is 169 Å². The first kappa shape index (κ1) is 19.2. The molecular formula is C25H32N2O. The van der Waals surface area contributed by atoms with E-state index in [1.165, 1.54) is 30.4 Å². The van der Waals surface area contributed by atoms with E-state index in [0.717, 1.165) is 25.2 Å². The number of nitrogens with zero attached hydrogens (tertiary/aromatic N) is 2. The molecule has 3 atom stereocenters. The largest absolute Gasteiger partial charge is 0.309 e. The van der Waals surface area contributed by atoms with Gasteiger partial charge in [0.2, 0.25) is 5.91 Å². The van der Waals surface area contributed by atoms with Crippen molar-refractivity contribution < 1.29 is 4.79 Å². The van der Waals surface area contributed by atoms with Crippen molar-refractivity contribution in [2.75, 3.05) is 18.0 Å². The average molecular weight is 377 g/mol. The maximum absolute atomic E-state index is 12.8. The number of amides is 1. The molecule has 1 saturated heterocycles. The Kier molecular flexibility index (Phi) is 5.82. The molecule has 1 fully saturated rings. The van der Waals surface area contributed by atoms with Gasteiger partial charge in [0, 0.05) is 37.3 Å². The summed E-state index contributed by atoms with van der Waals surface area (Å²) in [7, 11) is 0. The molecule has 0 N–H and O–H groups in total. The first-order chi connectivity index (χ1) is 13.7. The molecule has 0 bridgehead atoms. The predicted octanol–water partition coefficient (Wildman–Crippen LogP) is 5.22. The van der Waals surface area contributed by atoms with Crippen molar-refractivity contribution in [3.05, 3.63) is 65.7 Å². The van der Waals surface area contributed by atoms with Crippen LogP contribution in [0.2, 0.25) is 0 Å². The summed E-state index contributed by atoms with van der Waals surface area (Å²) >= 11 is 0. The summed E-state index contributed by atoms with van der Waals surface area (Å²) < 4.78 is 0. The van der Waals surface area contributed by atoms with Gasteiger partial charge in [-0.15, -0.1) is 0 Å². The monoisotopic (exact) mass is 376 g/mol. The van der Waals surface area contributed by atoms with Gasteiger partial charge in [-0.2, -0.15) is 0 Å². The molecule has 4 rings (SSSR count). The number of rotatable bonds is 4. The number of likely N-dealkylation sites (tertiary alicyclic amines) is 1. The van der Waals surface area contributed by atoms with E-state index in [4.69, 9.17) is 0 Å². The van der Waals surface area contributed by atoms with Crippen LogP contribution >= 0.6 is 0 Å². The highest BCUT2D eigenvalue weighted by Crippen LogP contribution is 2.38. The second kappa shape index (κ2) is 8.48. The molecule has 0 aromatic heterocycles. The summed E-state index contributed by atoms with van der Waals surface area (Å²) in [5.74, 6) is 0.693. The maximum Gasteiger partial charge on any atom is 0.226 e. The Balaban J connectivity index is 1.53. The highest BCUT2D eigenvalue weighted by molar-refractivity contribution is 5.93. The summed E-state index contributed by atoms with van der Waals surface area (Å²) in [6, 6.07) is 20.0. The van der Waals surface area contributed by atoms with Crippen LogP contribution in [0.5, 0.6) is 0 Å². The lowest BCUT2D eigenvalue weighted by molar-refractivity contribution is -0.119. The quantitative estimate of drug-likeness (QED) is 0.730. The van der Waals surface area contributed by atoms with E-state index in [-0.39, 0.29) is 11.9 Å². The Morgan fingerprint density at radius 3 is 2.57 bits per heavy atom. The second-order valence-corrected chi connectivity index (χ2v) is 8.39. The Hall–Kier alpha value is -2.13. The molecular weight excluding hydrogens is 344 g/mol. The van der Waals surface area contributed by atoms with Crippen LogP contribution in [0.3, 0.4) is 0 Å². The van der Waals surface area contributed by atoms with Gasteiger partial charge in [-0.3, -0.25) is 9.69 Å². The number of hydrogen-bond acceptors (Lipinski definition) is 2. The van der Waals surface area contributed by atoms with Gasteiger partial charge in [-0.1, -0.05) is 56.3 Å². The number of carbonyl (C=O) groups excluding carboxylic acids is 1. The molecule has 0 radical (unpaired) electrons. The minimum atomic E-state index is 0.236. The van der Waals surface area contributed by atoms with Crippen LogP contribution in [0, 0.1) is 5.92 Å². The molecule has 1 aliphatic heterocycles. The SMILES string of the molecule is CCC(=O)N(c1ccccc1)C1CCN(C2CCCc3ccccc32)CC1C. The Morgan fingerprint density at radius 1 is 1.07 bits per heavy atom. The molecule has 1 amide bonds. The van der Waals surface area contributed by atoms with Crippen molar-refractivity contribution in [1.29, 1.82) is 0 Å². The fourth-order valence-corrected chi connectivity index (χ4v) is 5.22. The van der Waals surface area contributed by atoms with Crippen molar-refractivity contribution in [2.24, 2.45) is 5.92 Å². The van der Waals surface area contributed by atoms with E-state index in [1.54, 1.807) is 0 Å². The number of para-hydroxylation sites is 1. The first-order valence-corrected chi connectivity index (χ1v) is 10.9. The maximum atomic E-state index is 12.8. The fourth-order valence-electron chi connectivity index (χ4n) is 5.22. The number of anilines is 1. The number of aryl methyl sites for hydroxylation is 1. The molecule has 2 aliphatic rings. The highest BCUT2D eigenvalue weighted by Gasteiger charge is 2.36. The molecule has 0 spiro atoms. The first-order valence-electron chi connectivity index (χ1n) is 10.9. The lowest BCUT2D eigenvalue weighted by Crippen LogP contribution is -2.53. The lowest BCUT2D eigenvalue weighted by Gasteiger charge is -2.46. The van der Waals surface area contributed by atoms with Gasteiger partial charge >= 0.3 is 0 Å². The topological polar surface area (TPSA) is 23.6 Å². The second-order valence-electron chi connectivity index (χ2n) is 8.39. The normalized spacial score (nSPS) is 25.1. The summed E-state index contributed by atoms with van der Waals surface area (Å²) in [4.78, 5) is 17.6. The number of carbonyl (C=O) groups is 1. The molecule has 0 saturated carbocycles. The summed E-state index contributed by atoms with van der Waals surface area (Å²) in [5.41, 5.74) is 4.10. The zero-order chi connectivity index (χ0) is 19.5. The highest BCUT2D eigenvalue weighted by atomic mass is 16.2. The van der Waals surface area contributed by atoms with Gasteiger partial charge < -0.3 is 4.90 Å². The lowest BCUT2D eigenvalue weighted by atomic mass is 9.84. The fraction of sp³-hybridized carbons (Fsp3) is 0.480. The van der Waals surface area contributed by atoms with Crippen molar-refractivity contribution >= 4 is 11.6 Å². The van der Waals surface area contributed by atoms with Gasteiger partial charge in [0.25, 0.3) is 0 Å². The molecule has 1 heterocycles. The molecule has 3 nitrogen and oxygen atoms in total. The van der Waals surface area contributed by atoms with Crippen LogP contribution < -0.4 is 4.90 Å². The van der Waals surface area contributed by atoms with E-state index < -0.39 is 0 Å². The van der Waals surface area contributed by atoms with Gasteiger partial charge in [0.1, 0.15) is 0 Å². The molecule has 1 aliphatic carbocycles. The summed E-state index contributed by atoms with van der Waals surface area (Å²) in [5, 5.41) is 0. The third-order valence-corrected chi connectivity index (χ3v) is 6.61. The zero-order valence-corrected chi connectivity index (χ0v) is 17.2. The standard InChI is InChI=1S/C25H32N2O/c1-3-25(28)27(21-12-5-4-6-13-21)23-16-17-26(18-19(23)2)24-15-9-11-20-10-7-8-14-22(20)24/h4-8,10,12-14,19,23-24H,3,9,11,15-18H2,1-2H3. The van der Waals surface area contributed by atoms with Crippen LogP contribution in [-0.2, 0) is 11.2 Å². The average Bonchev–Trinajstić information content (AvgIpc) is 2.75. The number of hydrogen-bond donors (Lipinski definition) is 0. The van der Waals surface area contributed by atoms with Crippen LogP contribution in [-0.4, -0.2) is 29.9 Å². The van der Waals surface area contributed by atoms with Gasteiger partial charge in [0.15, 0.2) is 0 Å². The molecule has 2 aromatic carbocycles. The van der Waals surface area contributed by atoms with E-state index >= 15 is 0 Å². The van der Waals surface area contributed by atoms with Crippen LogP contribution in [0.1, 0.15) is 56.7 Å². The van der Waals surface area contributed by atoms with Gasteiger partial charge in [-0.05, 0) is 54.9 Å². The smallest absolute Gasteiger partial charge is 0.226 e. The third-order valence-electron chi connectivity index (χ3n) is 6.61. The van der Waals surface area contributed by atoms with Gasteiger partial charge in [-0.25, -0.2) is 0 Å². The summed E-state index contributed by atoms with van der Waals surface area (Å²) in [6.45, 7) is 6.42. The zero-order valence-electron chi connectivity index (χ0n) is 17.2. The number of benzene rings is 2. The predicted molar refractivity (Wildman–Crippen MR) is 115 cm³/mol. The minimum absolute atomic E-state index is 0.236. The van der Waals surface area contributed by atoms with Crippen LogP contribution in [0.4, 0.5) is 5.69 Å². The van der Waals surface area contributed by atoms with E-state index in [2.05, 4.69) is 53.1 Å². The Bertz CT molecular complexity index is 803. The van der Waals surface area contributed by atoms with E-state index in [9.17, 15) is 4.79 Å². The molecule has 2 aromatic rings. The van der Waals surface area contributed by atoms with Crippen molar-refractivity contribution in [1.82, 2.24) is 4.90 Å². The Morgan fingerprint density at radius 2 is 1.82 bits per heavy atom. The van der Waals surface area contributed by atoms with Crippen molar-refractivity contribution in [3.8, 4) is 0 Å². The van der Waals surface area contributed by atoms with Gasteiger partial charge in [0.05, 0.1) is 0 Å². The third kappa shape index (κ3) is 3.73. The van der Waals surface area contributed by atoms with Crippen molar-refractivity contribution in [3.63, 3.8) is 0 Å². The van der Waals surface area contributed by atoms with Crippen LogP contribution in [0.15, 0.2) is 54.6 Å². The molecule has 28 heavy (non-hydrogen) atoms. The van der Waals surface area contributed by atoms with E-state index in [0.29, 0.717) is 18.4 Å². The number of piperidine rings is 1. The number of fused-ring (bicyclic) bond motifs is 1. The molecule has 3 heteroatoms. The van der Waals surface area contributed by atoms with Crippen molar-refractivity contribution in [2.45, 2.75) is 58.0 Å². The molecule has 148 valence electrons.